The lowest BCUT2D eigenvalue weighted by Gasteiger charge is -2.31. The zero-order valence-corrected chi connectivity index (χ0v) is 25.6. The standard InChI is InChI=1S/C34H36ClN5O4/c1-39-20-36-19-29(39)32(38-33(41)43-25-9-10-25)28-17-22-5-4-14-37-31(22)30(26-11-8-23(35)18-27(26)28)21-12-15-40(16-13-21)34(42)44-24-6-2-3-7-24/h4-5,8,11,14,17-20,24-25,32H,2-3,6-7,9-10,12-13,15-16H2,1H3,(H,38,41). The van der Waals surface area contributed by atoms with Crippen molar-refractivity contribution in [2.75, 3.05) is 13.1 Å². The maximum atomic E-state index is 13.1. The van der Waals surface area contributed by atoms with E-state index in [0.29, 0.717) is 31.0 Å². The molecule has 7 rings (SSSR count). The Labute approximate surface area is 261 Å². The summed E-state index contributed by atoms with van der Waals surface area (Å²) in [6, 6.07) is 9.31. The fourth-order valence-corrected chi connectivity index (χ4v) is 6.74. The molecule has 1 unspecified atom stereocenters. The molecule has 228 valence electrons. The van der Waals surface area contributed by atoms with E-state index in [0.717, 1.165) is 77.7 Å². The number of imidazole rings is 1. The molecule has 3 aromatic rings. The summed E-state index contributed by atoms with van der Waals surface area (Å²) in [6.07, 6.45) is 14.1. The quantitative estimate of drug-likeness (QED) is 0.335. The maximum absolute atomic E-state index is 13.1. The van der Waals surface area contributed by atoms with Crippen molar-refractivity contribution in [3.05, 3.63) is 87.7 Å². The third kappa shape index (κ3) is 5.85. The van der Waals surface area contributed by atoms with Crippen LogP contribution in [0.15, 0.2) is 54.6 Å². The molecule has 0 spiro atoms. The van der Waals surface area contributed by atoms with Gasteiger partial charge < -0.3 is 24.3 Å². The third-order valence-corrected chi connectivity index (χ3v) is 9.25. The zero-order chi connectivity index (χ0) is 30.2. The molecular formula is C34H36ClN5O4. The number of ether oxygens (including phenoxy) is 2. The number of pyridine rings is 1. The summed E-state index contributed by atoms with van der Waals surface area (Å²) in [6.45, 7) is 1.17. The first-order valence-electron chi connectivity index (χ1n) is 15.5. The largest absolute Gasteiger partial charge is 0.446 e. The van der Waals surface area contributed by atoms with E-state index in [9.17, 15) is 9.59 Å². The lowest BCUT2D eigenvalue weighted by Crippen LogP contribution is -2.38. The van der Waals surface area contributed by atoms with Crippen LogP contribution >= 0.6 is 11.6 Å². The van der Waals surface area contributed by atoms with Gasteiger partial charge in [-0.15, -0.1) is 0 Å². The minimum absolute atomic E-state index is 0.0328. The number of likely N-dealkylation sites (tertiary alicyclic amines) is 1. The van der Waals surface area contributed by atoms with E-state index in [1.807, 2.05) is 53.0 Å². The van der Waals surface area contributed by atoms with Crippen LogP contribution in [0.5, 0.6) is 0 Å². The van der Waals surface area contributed by atoms with Gasteiger partial charge in [-0.25, -0.2) is 14.6 Å². The van der Waals surface area contributed by atoms with Gasteiger partial charge in [-0.1, -0.05) is 29.3 Å². The molecule has 10 heteroatoms. The van der Waals surface area contributed by atoms with E-state index in [2.05, 4.69) is 16.4 Å². The smallest absolute Gasteiger partial charge is 0.410 e. The number of halogens is 1. The molecule has 3 fully saturated rings. The highest BCUT2D eigenvalue weighted by Crippen LogP contribution is 2.45. The van der Waals surface area contributed by atoms with Crippen molar-refractivity contribution in [1.29, 1.82) is 0 Å². The number of nitrogens with one attached hydrogen (secondary N) is 1. The van der Waals surface area contributed by atoms with E-state index < -0.39 is 12.1 Å². The number of fused-ring (bicyclic) bond motifs is 2. The first-order valence-corrected chi connectivity index (χ1v) is 15.9. The highest BCUT2D eigenvalue weighted by Gasteiger charge is 2.34. The average molecular weight is 614 g/mol. The summed E-state index contributed by atoms with van der Waals surface area (Å²) >= 11 is 6.66. The van der Waals surface area contributed by atoms with Crippen LogP contribution in [0.25, 0.3) is 17.2 Å². The van der Waals surface area contributed by atoms with Crippen molar-refractivity contribution in [3.8, 4) is 0 Å². The Hall–Kier alpha value is -4.11. The zero-order valence-electron chi connectivity index (χ0n) is 24.8. The van der Waals surface area contributed by atoms with E-state index in [-0.39, 0.29) is 18.3 Å². The molecule has 1 aliphatic heterocycles. The van der Waals surface area contributed by atoms with Crippen LogP contribution in [0, 0.1) is 0 Å². The number of alkyl carbamates (subject to hydrolysis) is 1. The molecule has 1 atom stereocenters. The molecular weight excluding hydrogens is 578 g/mol. The molecule has 3 aliphatic carbocycles. The fraction of sp³-hybridized carbons (Fsp3) is 0.412. The summed E-state index contributed by atoms with van der Waals surface area (Å²) in [5, 5.41) is 3.72. The summed E-state index contributed by atoms with van der Waals surface area (Å²) in [7, 11) is 1.91. The number of carbonyl (C=O) groups excluding carboxylic acids is 2. The SMILES string of the molecule is Cn1cncc1C(NC(=O)OC1CC1)C1=Cc2cccnc2C(=C2CCN(C(=O)OC3CCCC3)CC2)c2ccc(Cl)cc21. The Balaban J connectivity index is 1.29. The summed E-state index contributed by atoms with van der Waals surface area (Å²) in [4.78, 5) is 37.1. The van der Waals surface area contributed by atoms with E-state index in [1.165, 1.54) is 5.57 Å². The number of carbonyl (C=O) groups is 2. The van der Waals surface area contributed by atoms with E-state index >= 15 is 0 Å². The van der Waals surface area contributed by atoms with Gasteiger partial charge in [-0.2, -0.15) is 0 Å². The van der Waals surface area contributed by atoms with E-state index in [4.69, 9.17) is 26.1 Å². The van der Waals surface area contributed by atoms with Gasteiger partial charge in [-0.05, 0) is 92.3 Å². The Morgan fingerprint density at radius 3 is 2.52 bits per heavy atom. The van der Waals surface area contributed by atoms with Gasteiger partial charge >= 0.3 is 12.2 Å². The Morgan fingerprint density at radius 2 is 1.80 bits per heavy atom. The van der Waals surface area contributed by atoms with Gasteiger partial charge in [0.25, 0.3) is 0 Å². The molecule has 1 N–H and O–H groups in total. The topological polar surface area (TPSA) is 98.6 Å². The molecule has 44 heavy (non-hydrogen) atoms. The Kier molecular flexibility index (Phi) is 7.89. The number of hydrogen-bond acceptors (Lipinski definition) is 6. The third-order valence-electron chi connectivity index (χ3n) is 9.02. The second-order valence-corrected chi connectivity index (χ2v) is 12.5. The number of amides is 2. The van der Waals surface area contributed by atoms with Gasteiger partial charge in [0.05, 0.1) is 23.9 Å². The van der Waals surface area contributed by atoms with Crippen molar-refractivity contribution in [2.45, 2.75) is 69.6 Å². The van der Waals surface area contributed by atoms with Crippen LogP contribution in [0.2, 0.25) is 5.02 Å². The van der Waals surface area contributed by atoms with Crippen molar-refractivity contribution in [3.63, 3.8) is 0 Å². The highest BCUT2D eigenvalue weighted by atomic mass is 35.5. The molecule has 3 heterocycles. The average Bonchev–Trinajstić information content (AvgIpc) is 3.53. The van der Waals surface area contributed by atoms with Crippen LogP contribution < -0.4 is 5.32 Å². The van der Waals surface area contributed by atoms with Crippen LogP contribution in [0.1, 0.15) is 85.5 Å². The molecule has 0 bridgehead atoms. The van der Waals surface area contributed by atoms with Gasteiger partial charge in [0.2, 0.25) is 0 Å². The normalized spacial score (nSPS) is 19.0. The molecule has 2 aromatic heterocycles. The predicted octanol–water partition coefficient (Wildman–Crippen LogP) is 6.93. The molecule has 1 saturated heterocycles. The van der Waals surface area contributed by atoms with Crippen molar-refractivity contribution < 1.29 is 19.1 Å². The van der Waals surface area contributed by atoms with Crippen LogP contribution in [0.3, 0.4) is 0 Å². The lowest BCUT2D eigenvalue weighted by molar-refractivity contribution is 0.0634. The van der Waals surface area contributed by atoms with Crippen molar-refractivity contribution in [1.82, 2.24) is 24.8 Å². The van der Waals surface area contributed by atoms with Gasteiger partial charge in [-0.3, -0.25) is 4.98 Å². The second-order valence-electron chi connectivity index (χ2n) is 12.1. The summed E-state index contributed by atoms with van der Waals surface area (Å²) in [5.74, 6) is 0. The molecule has 0 radical (unpaired) electrons. The first kappa shape index (κ1) is 28.6. The van der Waals surface area contributed by atoms with Crippen LogP contribution in [0.4, 0.5) is 9.59 Å². The number of benzene rings is 1. The van der Waals surface area contributed by atoms with Gasteiger partial charge in [0.1, 0.15) is 18.2 Å². The lowest BCUT2D eigenvalue weighted by atomic mass is 9.86. The number of piperidine rings is 1. The summed E-state index contributed by atoms with van der Waals surface area (Å²) in [5.41, 5.74) is 7.64. The van der Waals surface area contributed by atoms with Crippen molar-refractivity contribution in [2.24, 2.45) is 7.05 Å². The molecule has 2 amide bonds. The van der Waals surface area contributed by atoms with E-state index in [1.54, 1.807) is 12.5 Å². The minimum Gasteiger partial charge on any atom is -0.446 e. The number of aryl methyl sites for hydroxylation is 1. The van der Waals surface area contributed by atoms with Crippen LogP contribution in [-0.2, 0) is 16.5 Å². The molecule has 4 aliphatic rings. The Bertz CT molecular complexity index is 1640. The first-order chi connectivity index (χ1) is 21.4. The number of aromatic nitrogens is 3. The highest BCUT2D eigenvalue weighted by molar-refractivity contribution is 6.31. The van der Waals surface area contributed by atoms with Gasteiger partial charge in [0.15, 0.2) is 0 Å². The number of hydrogen-bond donors (Lipinski definition) is 1. The molecule has 2 saturated carbocycles. The summed E-state index contributed by atoms with van der Waals surface area (Å²) < 4.78 is 13.3. The predicted molar refractivity (Wildman–Crippen MR) is 168 cm³/mol. The van der Waals surface area contributed by atoms with Crippen LogP contribution in [-0.4, -0.2) is 56.9 Å². The maximum Gasteiger partial charge on any atom is 0.410 e. The number of rotatable bonds is 5. The Morgan fingerprint density at radius 1 is 1.02 bits per heavy atom. The minimum atomic E-state index is -0.560. The van der Waals surface area contributed by atoms with Crippen molar-refractivity contribution >= 4 is 41.0 Å². The van der Waals surface area contributed by atoms with Gasteiger partial charge in [0, 0.05) is 42.5 Å². The fourth-order valence-electron chi connectivity index (χ4n) is 6.56. The molecule has 9 nitrogen and oxygen atoms in total. The number of nitrogens with zero attached hydrogens (tertiary/aromatic N) is 4. The monoisotopic (exact) mass is 613 g/mol. The molecule has 1 aromatic carbocycles. The second kappa shape index (κ2) is 12.1.